The van der Waals surface area contributed by atoms with E-state index in [9.17, 15) is 0 Å². The van der Waals surface area contributed by atoms with Crippen molar-refractivity contribution < 1.29 is 9.47 Å². The first-order valence-electron chi connectivity index (χ1n) is 12.7. The molecule has 36 heavy (non-hydrogen) atoms. The molecule has 0 radical (unpaired) electrons. The Kier molecular flexibility index (Phi) is 7.73. The molecule has 0 aromatic carbocycles. The van der Waals surface area contributed by atoms with E-state index in [1.807, 2.05) is 19.4 Å². The summed E-state index contributed by atoms with van der Waals surface area (Å²) < 4.78 is 11.1. The van der Waals surface area contributed by atoms with Crippen LogP contribution < -0.4 is 15.1 Å². The molecule has 0 atom stereocenters. The summed E-state index contributed by atoms with van der Waals surface area (Å²) in [4.78, 5) is 19.3. The number of allylic oxidation sites excluding steroid dienone is 3. The van der Waals surface area contributed by atoms with E-state index in [-0.39, 0.29) is 0 Å². The van der Waals surface area contributed by atoms with Gasteiger partial charge in [-0.1, -0.05) is 19.1 Å². The standard InChI is InChI=1S/C28H34N6O2/c1-3-4-5-6-24(29-2)28-27-22(9-10-30-28)23(19-26(32-27)34-13-17-36-18-14-34)21-7-8-25(31-20-21)33-11-15-35-16-12-33/h4-10,19-20,29H,3,11-18H2,1-2H3/b5-4-,24-6-. The van der Waals surface area contributed by atoms with Crippen molar-refractivity contribution in [1.82, 2.24) is 20.3 Å². The third-order valence-electron chi connectivity index (χ3n) is 6.60. The van der Waals surface area contributed by atoms with Crippen LogP contribution in [0.1, 0.15) is 19.0 Å². The zero-order chi connectivity index (χ0) is 24.7. The Morgan fingerprint density at radius 1 is 0.972 bits per heavy atom. The molecule has 5 heterocycles. The summed E-state index contributed by atoms with van der Waals surface area (Å²) in [6.07, 6.45) is 11.1. The second kappa shape index (κ2) is 11.5. The Morgan fingerprint density at radius 3 is 2.33 bits per heavy atom. The summed E-state index contributed by atoms with van der Waals surface area (Å²) in [5, 5.41) is 4.37. The largest absolute Gasteiger partial charge is 0.386 e. The van der Waals surface area contributed by atoms with Crippen LogP contribution in [0.15, 0.2) is 54.9 Å². The van der Waals surface area contributed by atoms with Crippen molar-refractivity contribution in [2.24, 2.45) is 0 Å². The molecule has 8 heteroatoms. The normalized spacial score (nSPS) is 17.2. The average Bonchev–Trinajstić information content (AvgIpc) is 2.96. The van der Waals surface area contributed by atoms with Crippen LogP contribution in [-0.2, 0) is 9.47 Å². The van der Waals surface area contributed by atoms with Crippen LogP contribution in [0.2, 0.25) is 0 Å². The fourth-order valence-corrected chi connectivity index (χ4v) is 4.63. The fraction of sp³-hybridized carbons (Fsp3) is 0.393. The molecule has 0 aliphatic carbocycles. The van der Waals surface area contributed by atoms with E-state index in [1.165, 1.54) is 0 Å². The molecular weight excluding hydrogens is 452 g/mol. The summed E-state index contributed by atoms with van der Waals surface area (Å²) in [7, 11) is 1.92. The smallest absolute Gasteiger partial charge is 0.130 e. The first-order chi connectivity index (χ1) is 17.8. The number of nitrogens with zero attached hydrogens (tertiary/aromatic N) is 5. The SMILES string of the molecule is CC/C=C\C=C(/NC)c1nccc2c(-c3ccc(N4CCOCC4)nc3)cc(N3CCOCC3)nc12. The first-order valence-corrected chi connectivity index (χ1v) is 12.7. The van der Waals surface area contributed by atoms with E-state index < -0.39 is 0 Å². The molecule has 3 aromatic rings. The van der Waals surface area contributed by atoms with Gasteiger partial charge in [0.25, 0.3) is 0 Å². The lowest BCUT2D eigenvalue weighted by atomic mass is 10.0. The van der Waals surface area contributed by atoms with Gasteiger partial charge in [-0.3, -0.25) is 4.98 Å². The van der Waals surface area contributed by atoms with Crippen molar-refractivity contribution in [1.29, 1.82) is 0 Å². The Hall–Kier alpha value is -3.49. The van der Waals surface area contributed by atoms with E-state index in [0.29, 0.717) is 13.2 Å². The van der Waals surface area contributed by atoms with Crippen LogP contribution in [0.3, 0.4) is 0 Å². The summed E-state index contributed by atoms with van der Waals surface area (Å²) in [6.45, 7) is 8.38. The second-order valence-corrected chi connectivity index (χ2v) is 8.85. The topological polar surface area (TPSA) is 75.6 Å². The average molecular weight is 487 g/mol. The van der Waals surface area contributed by atoms with Crippen LogP contribution in [0.5, 0.6) is 0 Å². The maximum Gasteiger partial charge on any atom is 0.130 e. The van der Waals surface area contributed by atoms with Gasteiger partial charge in [-0.25, -0.2) is 9.97 Å². The van der Waals surface area contributed by atoms with Gasteiger partial charge < -0.3 is 24.6 Å². The van der Waals surface area contributed by atoms with Crippen molar-refractivity contribution in [2.75, 3.05) is 69.5 Å². The quantitative estimate of drug-likeness (QED) is 0.504. The van der Waals surface area contributed by atoms with Crippen molar-refractivity contribution in [3.8, 4) is 11.1 Å². The molecule has 0 saturated carbocycles. The number of ether oxygens (including phenoxy) is 2. The highest BCUT2D eigenvalue weighted by Crippen LogP contribution is 2.34. The predicted molar refractivity (Wildman–Crippen MR) is 145 cm³/mol. The number of anilines is 2. The lowest BCUT2D eigenvalue weighted by molar-refractivity contribution is 0.122. The maximum atomic E-state index is 5.60. The Bertz CT molecular complexity index is 1230. The number of morpholine rings is 2. The molecule has 188 valence electrons. The number of nitrogens with one attached hydrogen (secondary N) is 1. The van der Waals surface area contributed by atoms with Gasteiger partial charge in [0.05, 0.1) is 32.1 Å². The van der Waals surface area contributed by atoms with Crippen LogP contribution >= 0.6 is 0 Å². The van der Waals surface area contributed by atoms with Gasteiger partial charge in [-0.15, -0.1) is 0 Å². The third kappa shape index (κ3) is 5.20. The van der Waals surface area contributed by atoms with E-state index in [4.69, 9.17) is 24.4 Å². The zero-order valence-corrected chi connectivity index (χ0v) is 21.1. The van der Waals surface area contributed by atoms with Crippen molar-refractivity contribution in [3.63, 3.8) is 0 Å². The number of rotatable bonds is 7. The summed E-state index contributed by atoms with van der Waals surface area (Å²) in [6, 6.07) is 8.50. The van der Waals surface area contributed by atoms with Gasteiger partial charge in [0.15, 0.2) is 0 Å². The number of hydrogen-bond acceptors (Lipinski definition) is 8. The molecule has 0 bridgehead atoms. The van der Waals surface area contributed by atoms with E-state index in [1.54, 1.807) is 0 Å². The molecule has 2 fully saturated rings. The van der Waals surface area contributed by atoms with E-state index in [2.05, 4.69) is 64.5 Å². The number of pyridine rings is 3. The summed E-state index contributed by atoms with van der Waals surface area (Å²) >= 11 is 0. The second-order valence-electron chi connectivity index (χ2n) is 8.85. The molecule has 2 aliphatic heterocycles. The summed E-state index contributed by atoms with van der Waals surface area (Å²) in [5.41, 5.74) is 4.81. The van der Waals surface area contributed by atoms with Crippen molar-refractivity contribution in [2.45, 2.75) is 13.3 Å². The van der Waals surface area contributed by atoms with Gasteiger partial charge in [0.2, 0.25) is 0 Å². The molecule has 1 N–H and O–H groups in total. The molecule has 0 spiro atoms. The number of aromatic nitrogens is 3. The minimum absolute atomic E-state index is 0.703. The lowest BCUT2D eigenvalue weighted by Gasteiger charge is -2.29. The molecule has 2 saturated heterocycles. The lowest BCUT2D eigenvalue weighted by Crippen LogP contribution is -2.36. The minimum atomic E-state index is 0.703. The molecule has 5 rings (SSSR count). The highest BCUT2D eigenvalue weighted by atomic mass is 16.5. The highest BCUT2D eigenvalue weighted by molar-refractivity contribution is 6.00. The molecule has 8 nitrogen and oxygen atoms in total. The van der Waals surface area contributed by atoms with Gasteiger partial charge in [-0.05, 0) is 42.3 Å². The Balaban J connectivity index is 1.62. The van der Waals surface area contributed by atoms with Crippen LogP contribution in [0.4, 0.5) is 11.6 Å². The fourth-order valence-electron chi connectivity index (χ4n) is 4.63. The van der Waals surface area contributed by atoms with Crippen molar-refractivity contribution in [3.05, 3.63) is 60.6 Å². The Labute approximate surface area is 212 Å². The molecular formula is C28H34N6O2. The number of fused-ring (bicyclic) bond motifs is 1. The van der Waals surface area contributed by atoms with E-state index >= 15 is 0 Å². The van der Waals surface area contributed by atoms with Gasteiger partial charge in [0, 0.05) is 56.6 Å². The monoisotopic (exact) mass is 486 g/mol. The van der Waals surface area contributed by atoms with E-state index in [0.717, 1.165) is 90.9 Å². The van der Waals surface area contributed by atoms with Gasteiger partial charge >= 0.3 is 0 Å². The van der Waals surface area contributed by atoms with Crippen LogP contribution in [0, 0.1) is 0 Å². The minimum Gasteiger partial charge on any atom is -0.386 e. The molecule has 0 amide bonds. The zero-order valence-electron chi connectivity index (χ0n) is 21.1. The molecule has 0 unspecified atom stereocenters. The first kappa shape index (κ1) is 24.2. The molecule has 2 aliphatic rings. The molecule has 3 aromatic heterocycles. The maximum absolute atomic E-state index is 5.60. The van der Waals surface area contributed by atoms with Crippen LogP contribution in [-0.4, -0.2) is 74.6 Å². The van der Waals surface area contributed by atoms with Crippen molar-refractivity contribution >= 4 is 28.2 Å². The Morgan fingerprint density at radius 2 is 1.69 bits per heavy atom. The van der Waals surface area contributed by atoms with Crippen LogP contribution in [0.25, 0.3) is 27.7 Å². The number of hydrogen-bond donors (Lipinski definition) is 1. The third-order valence-corrected chi connectivity index (χ3v) is 6.60. The van der Waals surface area contributed by atoms with Gasteiger partial charge in [0.1, 0.15) is 22.8 Å². The highest BCUT2D eigenvalue weighted by Gasteiger charge is 2.19. The van der Waals surface area contributed by atoms with Gasteiger partial charge in [-0.2, -0.15) is 0 Å². The predicted octanol–water partition coefficient (Wildman–Crippen LogP) is 3.89. The summed E-state index contributed by atoms with van der Waals surface area (Å²) in [5.74, 6) is 1.92.